The molecule has 2 aromatic rings. The molecule has 1 fully saturated rings. The van der Waals surface area contributed by atoms with Crippen LogP contribution in [0.2, 0.25) is 0 Å². The molecule has 26 heavy (non-hydrogen) atoms. The summed E-state index contributed by atoms with van der Waals surface area (Å²) in [5, 5.41) is 5.06. The van der Waals surface area contributed by atoms with Crippen molar-refractivity contribution in [2.75, 3.05) is 38.0 Å². The molecular weight excluding hydrogens is 364 g/mol. The third-order valence-corrected chi connectivity index (χ3v) is 6.26. The van der Waals surface area contributed by atoms with Gasteiger partial charge in [-0.2, -0.15) is 0 Å². The minimum Gasteiger partial charge on any atom is -0.322 e. The van der Waals surface area contributed by atoms with Crippen LogP contribution < -0.4 is 5.32 Å². The summed E-state index contributed by atoms with van der Waals surface area (Å²) < 4.78 is 1.04. The van der Waals surface area contributed by atoms with Crippen molar-refractivity contribution >= 4 is 34.8 Å². The molecule has 2 heterocycles. The fraction of sp³-hybridized carbons (Fsp3) is 0.474. The van der Waals surface area contributed by atoms with Crippen molar-refractivity contribution in [1.82, 2.24) is 14.8 Å². The SMILES string of the molecule is Cc1csc(Sc2ccc(NC(=O)N3CCN(CC(C)C)CC3)cc2)n1. The fourth-order valence-electron chi connectivity index (χ4n) is 2.94. The number of urea groups is 1. The van der Waals surface area contributed by atoms with Crippen LogP contribution in [0.5, 0.6) is 0 Å². The summed E-state index contributed by atoms with van der Waals surface area (Å²) in [6, 6.07) is 7.95. The summed E-state index contributed by atoms with van der Waals surface area (Å²) in [5.41, 5.74) is 1.88. The van der Waals surface area contributed by atoms with Crippen LogP contribution in [0.3, 0.4) is 0 Å². The van der Waals surface area contributed by atoms with E-state index in [0.717, 1.165) is 53.3 Å². The molecule has 2 amide bonds. The number of aryl methyl sites for hydroxylation is 1. The highest BCUT2D eigenvalue weighted by Crippen LogP contribution is 2.30. The molecule has 1 aliphatic rings. The van der Waals surface area contributed by atoms with Crippen LogP contribution in [0.25, 0.3) is 0 Å². The number of carbonyl (C=O) groups excluding carboxylic acids is 1. The van der Waals surface area contributed by atoms with Crippen molar-refractivity contribution in [2.45, 2.75) is 30.0 Å². The molecule has 1 aromatic carbocycles. The Hall–Kier alpha value is -1.57. The van der Waals surface area contributed by atoms with E-state index < -0.39 is 0 Å². The number of thiazole rings is 1. The Morgan fingerprint density at radius 2 is 1.92 bits per heavy atom. The van der Waals surface area contributed by atoms with Gasteiger partial charge in [0.05, 0.1) is 0 Å². The molecule has 0 bridgehead atoms. The molecular formula is C19H26N4OS2. The Morgan fingerprint density at radius 1 is 1.23 bits per heavy atom. The van der Waals surface area contributed by atoms with Gasteiger partial charge in [-0.05, 0) is 37.1 Å². The second-order valence-corrected chi connectivity index (χ2v) is 9.17. The molecule has 0 radical (unpaired) electrons. The van der Waals surface area contributed by atoms with E-state index in [-0.39, 0.29) is 6.03 Å². The second-order valence-electron chi connectivity index (χ2n) is 6.99. The lowest BCUT2D eigenvalue weighted by Gasteiger charge is -2.35. The number of hydrogen-bond acceptors (Lipinski definition) is 5. The van der Waals surface area contributed by atoms with Gasteiger partial charge in [-0.3, -0.25) is 4.90 Å². The monoisotopic (exact) mass is 390 g/mol. The van der Waals surface area contributed by atoms with Gasteiger partial charge in [0.1, 0.15) is 0 Å². The molecule has 7 heteroatoms. The predicted molar refractivity (Wildman–Crippen MR) is 109 cm³/mol. The largest absolute Gasteiger partial charge is 0.322 e. The number of nitrogens with zero attached hydrogens (tertiary/aromatic N) is 3. The van der Waals surface area contributed by atoms with Crippen molar-refractivity contribution in [3.63, 3.8) is 0 Å². The van der Waals surface area contributed by atoms with Gasteiger partial charge in [-0.15, -0.1) is 11.3 Å². The third-order valence-electron chi connectivity index (χ3n) is 4.19. The maximum Gasteiger partial charge on any atom is 0.321 e. The van der Waals surface area contributed by atoms with Gasteiger partial charge in [-0.25, -0.2) is 9.78 Å². The van der Waals surface area contributed by atoms with E-state index in [1.807, 2.05) is 36.1 Å². The van der Waals surface area contributed by atoms with Crippen molar-refractivity contribution in [3.05, 3.63) is 35.3 Å². The lowest BCUT2D eigenvalue weighted by molar-refractivity contribution is 0.138. The number of piperazine rings is 1. The summed E-state index contributed by atoms with van der Waals surface area (Å²) in [7, 11) is 0. The van der Waals surface area contributed by atoms with Gasteiger partial charge < -0.3 is 10.2 Å². The predicted octanol–water partition coefficient (Wildman–Crippen LogP) is 4.41. The maximum atomic E-state index is 12.5. The van der Waals surface area contributed by atoms with Gasteiger partial charge in [0, 0.05) is 54.4 Å². The van der Waals surface area contributed by atoms with Crippen molar-refractivity contribution in [3.8, 4) is 0 Å². The van der Waals surface area contributed by atoms with Gasteiger partial charge in [0.2, 0.25) is 0 Å². The zero-order valence-corrected chi connectivity index (χ0v) is 17.2. The quantitative estimate of drug-likeness (QED) is 0.822. The van der Waals surface area contributed by atoms with E-state index in [1.54, 1.807) is 23.1 Å². The standard InChI is InChI=1S/C19H26N4OS2/c1-14(2)12-22-8-10-23(11-9-22)18(24)21-16-4-6-17(7-5-16)26-19-20-15(3)13-25-19/h4-7,13-14H,8-12H2,1-3H3,(H,21,24). The molecule has 0 atom stereocenters. The van der Waals surface area contributed by atoms with E-state index in [0.29, 0.717) is 5.92 Å². The first-order valence-corrected chi connectivity index (χ1v) is 10.7. The summed E-state index contributed by atoms with van der Waals surface area (Å²) in [6.45, 7) is 11.1. The first-order chi connectivity index (χ1) is 12.5. The zero-order valence-electron chi connectivity index (χ0n) is 15.6. The summed E-state index contributed by atoms with van der Waals surface area (Å²) in [6.07, 6.45) is 0. The molecule has 3 rings (SSSR count). The maximum absolute atomic E-state index is 12.5. The Labute approximate surface area is 163 Å². The average molecular weight is 391 g/mol. The van der Waals surface area contributed by atoms with E-state index in [9.17, 15) is 4.79 Å². The fourth-order valence-corrected chi connectivity index (χ4v) is 4.75. The van der Waals surface area contributed by atoms with Gasteiger partial charge in [-0.1, -0.05) is 25.6 Å². The number of amides is 2. The van der Waals surface area contributed by atoms with Crippen LogP contribution in [-0.2, 0) is 0 Å². The molecule has 1 aromatic heterocycles. The molecule has 1 N–H and O–H groups in total. The highest BCUT2D eigenvalue weighted by molar-refractivity contribution is 8.01. The number of aromatic nitrogens is 1. The van der Waals surface area contributed by atoms with Crippen LogP contribution in [0.1, 0.15) is 19.5 Å². The smallest absolute Gasteiger partial charge is 0.321 e. The molecule has 0 aliphatic carbocycles. The highest BCUT2D eigenvalue weighted by Gasteiger charge is 2.21. The van der Waals surface area contributed by atoms with Crippen molar-refractivity contribution in [1.29, 1.82) is 0 Å². The third kappa shape index (κ3) is 5.46. The molecule has 0 spiro atoms. The topological polar surface area (TPSA) is 48.5 Å². The minimum atomic E-state index is -0.00912. The average Bonchev–Trinajstić information content (AvgIpc) is 3.01. The normalized spacial score (nSPS) is 15.5. The van der Waals surface area contributed by atoms with Crippen molar-refractivity contribution in [2.24, 2.45) is 5.92 Å². The van der Waals surface area contributed by atoms with Crippen LogP contribution >= 0.6 is 23.1 Å². The van der Waals surface area contributed by atoms with Gasteiger partial charge in [0.15, 0.2) is 4.34 Å². The number of rotatable bonds is 5. The molecule has 1 saturated heterocycles. The second kappa shape index (κ2) is 8.88. The van der Waals surface area contributed by atoms with Crippen LogP contribution in [0, 0.1) is 12.8 Å². The van der Waals surface area contributed by atoms with Crippen LogP contribution in [0.4, 0.5) is 10.5 Å². The number of benzene rings is 1. The van der Waals surface area contributed by atoms with Crippen LogP contribution in [0.15, 0.2) is 38.9 Å². The Bertz CT molecular complexity index is 721. The molecule has 1 aliphatic heterocycles. The van der Waals surface area contributed by atoms with E-state index >= 15 is 0 Å². The van der Waals surface area contributed by atoms with E-state index in [4.69, 9.17) is 0 Å². The number of carbonyl (C=O) groups is 1. The lowest BCUT2D eigenvalue weighted by atomic mass is 10.2. The molecule has 140 valence electrons. The zero-order chi connectivity index (χ0) is 18.5. The Morgan fingerprint density at radius 3 is 2.50 bits per heavy atom. The Kier molecular flexibility index (Phi) is 6.56. The van der Waals surface area contributed by atoms with Gasteiger partial charge >= 0.3 is 6.03 Å². The van der Waals surface area contributed by atoms with E-state index in [1.165, 1.54) is 0 Å². The molecule has 0 saturated carbocycles. The lowest BCUT2D eigenvalue weighted by Crippen LogP contribution is -2.50. The molecule has 5 nitrogen and oxygen atoms in total. The number of nitrogens with one attached hydrogen (secondary N) is 1. The molecule has 0 unspecified atom stereocenters. The summed E-state index contributed by atoms with van der Waals surface area (Å²) >= 11 is 3.30. The minimum absolute atomic E-state index is 0.00912. The van der Waals surface area contributed by atoms with Gasteiger partial charge in [0.25, 0.3) is 0 Å². The van der Waals surface area contributed by atoms with Crippen molar-refractivity contribution < 1.29 is 4.79 Å². The number of anilines is 1. The number of hydrogen-bond donors (Lipinski definition) is 1. The first kappa shape index (κ1) is 19.2. The Balaban J connectivity index is 1.49. The highest BCUT2D eigenvalue weighted by atomic mass is 32.2. The van der Waals surface area contributed by atoms with Crippen LogP contribution in [-0.4, -0.2) is 53.5 Å². The summed E-state index contributed by atoms with van der Waals surface area (Å²) in [4.78, 5) is 22.4. The van der Waals surface area contributed by atoms with E-state index in [2.05, 4.69) is 34.4 Å². The first-order valence-electron chi connectivity index (χ1n) is 8.98. The summed E-state index contributed by atoms with van der Waals surface area (Å²) in [5.74, 6) is 0.667.